The van der Waals surface area contributed by atoms with E-state index in [9.17, 15) is 9.90 Å². The van der Waals surface area contributed by atoms with Gasteiger partial charge in [-0.2, -0.15) is 0 Å². The number of hydrogen-bond acceptors (Lipinski definition) is 3. The van der Waals surface area contributed by atoms with E-state index in [1.807, 2.05) is 19.1 Å². The lowest BCUT2D eigenvalue weighted by Crippen LogP contribution is -2.67. The van der Waals surface area contributed by atoms with Gasteiger partial charge in [0.2, 0.25) is 0 Å². The van der Waals surface area contributed by atoms with Gasteiger partial charge in [-0.3, -0.25) is 4.79 Å². The minimum absolute atomic E-state index is 0.00361. The van der Waals surface area contributed by atoms with Crippen LogP contribution in [0, 0.1) is 17.8 Å². The molecule has 0 spiro atoms. The SMILES string of the molecule is COc1ccc([C@@]23CCCCCC2C2C(=O)C=C(C)[C@@H](O)C23)cc1. The van der Waals surface area contributed by atoms with Crippen LogP contribution in [0.15, 0.2) is 35.9 Å². The topological polar surface area (TPSA) is 46.5 Å². The number of carbonyl (C=O) groups excluding carboxylic acids is 1. The van der Waals surface area contributed by atoms with Crippen LogP contribution in [-0.4, -0.2) is 24.1 Å². The zero-order valence-electron chi connectivity index (χ0n) is 14.5. The molecule has 3 nitrogen and oxygen atoms in total. The van der Waals surface area contributed by atoms with E-state index in [0.29, 0.717) is 5.92 Å². The standard InChI is InChI=1S/C21H26O3/c1-13-12-17(22)18-16-6-4-3-5-11-21(16,19(18)20(13)23)14-7-9-15(24-2)10-8-14/h7-10,12,16,18-20,23H,3-6,11H2,1-2H3/t16?,18?,19?,20-,21+/m1/s1. The summed E-state index contributed by atoms with van der Waals surface area (Å²) >= 11 is 0. The van der Waals surface area contributed by atoms with Crippen molar-refractivity contribution < 1.29 is 14.6 Å². The molecule has 24 heavy (non-hydrogen) atoms. The summed E-state index contributed by atoms with van der Waals surface area (Å²) in [5.41, 5.74) is 2.05. The third kappa shape index (κ3) is 2.03. The largest absolute Gasteiger partial charge is 0.497 e. The van der Waals surface area contributed by atoms with Crippen LogP contribution in [0.3, 0.4) is 0 Å². The summed E-state index contributed by atoms with van der Waals surface area (Å²) in [7, 11) is 1.68. The van der Waals surface area contributed by atoms with E-state index < -0.39 is 6.10 Å². The molecule has 0 heterocycles. The number of aliphatic hydroxyl groups is 1. The van der Waals surface area contributed by atoms with Crippen molar-refractivity contribution in [1.29, 1.82) is 0 Å². The van der Waals surface area contributed by atoms with Crippen LogP contribution in [0.4, 0.5) is 0 Å². The first-order valence-electron chi connectivity index (χ1n) is 9.14. The summed E-state index contributed by atoms with van der Waals surface area (Å²) in [6.45, 7) is 1.89. The van der Waals surface area contributed by atoms with Crippen molar-refractivity contribution in [2.75, 3.05) is 7.11 Å². The van der Waals surface area contributed by atoms with Crippen LogP contribution in [0.5, 0.6) is 5.75 Å². The van der Waals surface area contributed by atoms with E-state index in [4.69, 9.17) is 4.74 Å². The molecule has 1 aromatic rings. The smallest absolute Gasteiger partial charge is 0.159 e. The van der Waals surface area contributed by atoms with Crippen LogP contribution >= 0.6 is 0 Å². The minimum Gasteiger partial charge on any atom is -0.497 e. The Balaban J connectivity index is 1.82. The van der Waals surface area contributed by atoms with Gasteiger partial charge in [0.1, 0.15) is 5.75 Å². The van der Waals surface area contributed by atoms with Gasteiger partial charge in [-0.05, 0) is 55.0 Å². The van der Waals surface area contributed by atoms with Crippen molar-refractivity contribution in [3.8, 4) is 5.75 Å². The van der Waals surface area contributed by atoms with Gasteiger partial charge in [-0.25, -0.2) is 0 Å². The number of methoxy groups -OCH3 is 1. The molecule has 0 aromatic heterocycles. The van der Waals surface area contributed by atoms with Gasteiger partial charge >= 0.3 is 0 Å². The number of carbonyl (C=O) groups is 1. The van der Waals surface area contributed by atoms with Crippen molar-refractivity contribution in [2.24, 2.45) is 17.8 Å². The highest BCUT2D eigenvalue weighted by molar-refractivity contribution is 5.95. The normalized spacial score (nSPS) is 38.3. The van der Waals surface area contributed by atoms with E-state index in [2.05, 4.69) is 12.1 Å². The molecular weight excluding hydrogens is 300 g/mol. The Morgan fingerprint density at radius 1 is 1.17 bits per heavy atom. The highest BCUT2D eigenvalue weighted by atomic mass is 16.5. The molecule has 2 saturated carbocycles. The summed E-state index contributed by atoms with van der Waals surface area (Å²) in [6.07, 6.45) is 6.96. The van der Waals surface area contributed by atoms with E-state index in [-0.39, 0.29) is 23.0 Å². The number of hydrogen-bond donors (Lipinski definition) is 1. The van der Waals surface area contributed by atoms with Crippen molar-refractivity contribution in [3.63, 3.8) is 0 Å². The Labute approximate surface area is 143 Å². The fourth-order valence-electron chi connectivity index (χ4n) is 5.76. The fourth-order valence-corrected chi connectivity index (χ4v) is 5.76. The number of aliphatic hydroxyl groups excluding tert-OH is 1. The predicted octanol–water partition coefficient (Wildman–Crippen LogP) is 3.65. The first kappa shape index (κ1) is 15.9. The molecule has 3 aliphatic rings. The lowest BCUT2D eigenvalue weighted by molar-refractivity contribution is -0.155. The third-order valence-corrected chi connectivity index (χ3v) is 6.82. The predicted molar refractivity (Wildman–Crippen MR) is 93.0 cm³/mol. The zero-order valence-corrected chi connectivity index (χ0v) is 14.5. The number of ether oxygens (including phenoxy) is 1. The number of ketones is 1. The average molecular weight is 326 g/mol. The van der Waals surface area contributed by atoms with Crippen LogP contribution in [-0.2, 0) is 10.2 Å². The molecule has 0 aliphatic heterocycles. The summed E-state index contributed by atoms with van der Waals surface area (Å²) in [5.74, 6) is 1.49. The van der Waals surface area contributed by atoms with Gasteiger partial charge in [0.25, 0.3) is 0 Å². The van der Waals surface area contributed by atoms with Gasteiger partial charge in [0, 0.05) is 17.3 Å². The van der Waals surface area contributed by atoms with Crippen LogP contribution in [0.2, 0.25) is 0 Å². The van der Waals surface area contributed by atoms with E-state index in [0.717, 1.165) is 24.2 Å². The Kier molecular flexibility index (Phi) is 3.80. The van der Waals surface area contributed by atoms with E-state index >= 15 is 0 Å². The first-order valence-corrected chi connectivity index (χ1v) is 9.14. The fraction of sp³-hybridized carbons (Fsp3) is 0.571. The lowest BCUT2D eigenvalue weighted by Gasteiger charge is -2.64. The molecule has 1 N–H and O–H groups in total. The van der Waals surface area contributed by atoms with E-state index in [1.54, 1.807) is 13.2 Å². The Hall–Kier alpha value is -1.61. The quantitative estimate of drug-likeness (QED) is 0.902. The molecule has 3 aliphatic carbocycles. The molecule has 0 amide bonds. The van der Waals surface area contributed by atoms with Crippen molar-refractivity contribution in [1.82, 2.24) is 0 Å². The van der Waals surface area contributed by atoms with Gasteiger partial charge in [-0.1, -0.05) is 31.4 Å². The minimum atomic E-state index is -0.496. The molecule has 3 heteroatoms. The van der Waals surface area contributed by atoms with Crippen LogP contribution < -0.4 is 4.74 Å². The Morgan fingerprint density at radius 3 is 2.62 bits per heavy atom. The first-order chi connectivity index (χ1) is 11.6. The third-order valence-electron chi connectivity index (χ3n) is 6.82. The number of allylic oxidation sites excluding steroid dienone is 1. The highest BCUT2D eigenvalue weighted by Gasteiger charge is 2.66. The molecule has 3 unspecified atom stereocenters. The summed E-state index contributed by atoms with van der Waals surface area (Å²) in [6, 6.07) is 8.33. The number of rotatable bonds is 2. The molecule has 2 fully saturated rings. The molecule has 0 bridgehead atoms. The molecule has 0 radical (unpaired) electrons. The van der Waals surface area contributed by atoms with Crippen molar-refractivity contribution in [3.05, 3.63) is 41.5 Å². The van der Waals surface area contributed by atoms with Gasteiger partial charge in [-0.15, -0.1) is 0 Å². The maximum absolute atomic E-state index is 12.6. The monoisotopic (exact) mass is 326 g/mol. The van der Waals surface area contributed by atoms with Gasteiger partial charge < -0.3 is 9.84 Å². The number of benzene rings is 1. The average Bonchev–Trinajstić information content (AvgIpc) is 2.75. The summed E-state index contributed by atoms with van der Waals surface area (Å²) in [4.78, 5) is 12.6. The summed E-state index contributed by atoms with van der Waals surface area (Å²) < 4.78 is 5.31. The van der Waals surface area contributed by atoms with Gasteiger partial charge in [0.05, 0.1) is 13.2 Å². The van der Waals surface area contributed by atoms with Crippen molar-refractivity contribution >= 4 is 5.78 Å². The van der Waals surface area contributed by atoms with Crippen LogP contribution in [0.1, 0.15) is 44.6 Å². The Bertz CT molecular complexity index is 675. The molecule has 128 valence electrons. The number of fused-ring (bicyclic) bond motifs is 4. The van der Waals surface area contributed by atoms with Crippen LogP contribution in [0.25, 0.3) is 0 Å². The highest BCUT2D eigenvalue weighted by Crippen LogP contribution is 2.65. The maximum Gasteiger partial charge on any atom is 0.159 e. The molecule has 4 rings (SSSR count). The van der Waals surface area contributed by atoms with Gasteiger partial charge in [0.15, 0.2) is 5.78 Å². The molecule has 1 aromatic carbocycles. The van der Waals surface area contributed by atoms with E-state index in [1.165, 1.54) is 24.8 Å². The second kappa shape index (κ2) is 5.73. The molecule has 5 atom stereocenters. The molecular formula is C21H26O3. The summed E-state index contributed by atoms with van der Waals surface area (Å²) in [5, 5.41) is 10.9. The molecule has 0 saturated heterocycles. The maximum atomic E-state index is 12.6. The second-order valence-electron chi connectivity index (χ2n) is 7.76. The zero-order chi connectivity index (χ0) is 16.9. The van der Waals surface area contributed by atoms with Crippen molar-refractivity contribution in [2.45, 2.75) is 50.5 Å². The lowest BCUT2D eigenvalue weighted by atomic mass is 9.39. The Morgan fingerprint density at radius 2 is 1.92 bits per heavy atom. The second-order valence-corrected chi connectivity index (χ2v) is 7.76.